The summed E-state index contributed by atoms with van der Waals surface area (Å²) in [5, 5.41) is 14.5. The molecule has 0 aliphatic carbocycles. The van der Waals surface area contributed by atoms with Crippen molar-refractivity contribution in [1.29, 1.82) is 10.8 Å². The zero-order chi connectivity index (χ0) is 11.8. The van der Waals surface area contributed by atoms with E-state index in [4.69, 9.17) is 10.8 Å². The van der Waals surface area contributed by atoms with Crippen LogP contribution in [0.5, 0.6) is 0 Å². The predicted molar refractivity (Wildman–Crippen MR) is 65.8 cm³/mol. The number of carbonyl (C=O) groups excluding carboxylic acids is 1. The van der Waals surface area contributed by atoms with Crippen molar-refractivity contribution < 1.29 is 4.79 Å². The molecule has 2 N–H and O–H groups in total. The fourth-order valence-corrected chi connectivity index (χ4v) is 1.43. The molecule has 0 atom stereocenters. The number of ketones is 1. The van der Waals surface area contributed by atoms with Gasteiger partial charge in [0.05, 0.1) is 5.71 Å². The van der Waals surface area contributed by atoms with Crippen molar-refractivity contribution in [1.82, 2.24) is 0 Å². The highest BCUT2D eigenvalue weighted by Crippen LogP contribution is 2.06. The summed E-state index contributed by atoms with van der Waals surface area (Å²) in [5.74, 6) is -0.185. The first-order valence-corrected chi connectivity index (χ1v) is 5.42. The van der Waals surface area contributed by atoms with Gasteiger partial charge in [0.2, 0.25) is 5.78 Å². The molecule has 0 bridgehead atoms. The van der Waals surface area contributed by atoms with Crippen molar-refractivity contribution in [3.05, 3.63) is 35.9 Å². The number of nitrogens with one attached hydrogen (secondary N) is 2. The standard InChI is InChI=1S/C13H16N2O/c14-10-6-2-5-9-12(15)13(16)11-7-3-1-4-8-11/h1,3-4,7-8,10,14-15H,2,5-6,9H2. The van der Waals surface area contributed by atoms with Gasteiger partial charge in [-0.25, -0.2) is 0 Å². The second-order valence-corrected chi connectivity index (χ2v) is 3.62. The van der Waals surface area contributed by atoms with Crippen molar-refractivity contribution >= 4 is 17.7 Å². The second-order valence-electron chi connectivity index (χ2n) is 3.62. The number of Topliss-reactive ketones (excluding diaryl/α,β-unsaturated/α-hetero) is 1. The second kappa shape index (κ2) is 6.67. The quantitative estimate of drug-likeness (QED) is 0.410. The van der Waals surface area contributed by atoms with Crippen molar-refractivity contribution in [2.24, 2.45) is 0 Å². The number of unbranched alkanes of at least 4 members (excludes halogenated alkanes) is 2. The molecule has 1 aromatic rings. The van der Waals surface area contributed by atoms with E-state index in [0.29, 0.717) is 12.0 Å². The third-order valence-corrected chi connectivity index (χ3v) is 2.34. The van der Waals surface area contributed by atoms with E-state index in [1.807, 2.05) is 6.07 Å². The van der Waals surface area contributed by atoms with E-state index in [0.717, 1.165) is 19.3 Å². The van der Waals surface area contributed by atoms with E-state index >= 15 is 0 Å². The number of carbonyl (C=O) groups is 1. The molecule has 0 heterocycles. The summed E-state index contributed by atoms with van der Waals surface area (Å²) in [4.78, 5) is 11.7. The highest BCUT2D eigenvalue weighted by Gasteiger charge is 2.10. The van der Waals surface area contributed by atoms with Crippen molar-refractivity contribution in [3.8, 4) is 0 Å². The van der Waals surface area contributed by atoms with Gasteiger partial charge in [-0.05, 0) is 31.9 Å². The third kappa shape index (κ3) is 3.77. The maximum atomic E-state index is 11.7. The van der Waals surface area contributed by atoms with E-state index in [9.17, 15) is 4.79 Å². The van der Waals surface area contributed by atoms with Gasteiger partial charge in [0.1, 0.15) is 0 Å². The minimum Gasteiger partial charge on any atom is -0.313 e. The molecule has 0 fully saturated rings. The molecular weight excluding hydrogens is 200 g/mol. The van der Waals surface area contributed by atoms with E-state index in [2.05, 4.69) is 0 Å². The molecule has 0 radical (unpaired) electrons. The molecule has 16 heavy (non-hydrogen) atoms. The number of hydrogen-bond donors (Lipinski definition) is 2. The maximum Gasteiger partial charge on any atom is 0.206 e. The van der Waals surface area contributed by atoms with Crippen LogP contribution in [0.3, 0.4) is 0 Å². The van der Waals surface area contributed by atoms with Gasteiger partial charge in [-0.15, -0.1) is 0 Å². The summed E-state index contributed by atoms with van der Waals surface area (Å²) < 4.78 is 0. The minimum absolute atomic E-state index is 0.163. The summed E-state index contributed by atoms with van der Waals surface area (Å²) in [6.07, 6.45) is 4.26. The SMILES string of the molecule is N=CCCCCC(=N)C(=O)c1ccccc1. The van der Waals surface area contributed by atoms with Crippen LogP contribution in [-0.2, 0) is 0 Å². The average molecular weight is 216 g/mol. The summed E-state index contributed by atoms with van der Waals surface area (Å²) in [6.45, 7) is 0. The molecule has 3 nitrogen and oxygen atoms in total. The van der Waals surface area contributed by atoms with Gasteiger partial charge >= 0.3 is 0 Å². The summed E-state index contributed by atoms with van der Waals surface area (Å²) >= 11 is 0. The van der Waals surface area contributed by atoms with Gasteiger partial charge in [0, 0.05) is 5.56 Å². The highest BCUT2D eigenvalue weighted by atomic mass is 16.1. The normalized spacial score (nSPS) is 9.75. The smallest absolute Gasteiger partial charge is 0.206 e. The lowest BCUT2D eigenvalue weighted by Crippen LogP contribution is -2.12. The van der Waals surface area contributed by atoms with Gasteiger partial charge < -0.3 is 10.8 Å². The largest absolute Gasteiger partial charge is 0.313 e. The Kier molecular flexibility index (Phi) is 5.12. The fourth-order valence-electron chi connectivity index (χ4n) is 1.43. The zero-order valence-electron chi connectivity index (χ0n) is 9.20. The summed E-state index contributed by atoms with van der Waals surface area (Å²) in [7, 11) is 0. The van der Waals surface area contributed by atoms with Crippen LogP contribution in [-0.4, -0.2) is 17.7 Å². The van der Waals surface area contributed by atoms with Gasteiger partial charge in [0.25, 0.3) is 0 Å². The lowest BCUT2D eigenvalue weighted by molar-refractivity contribution is 0.106. The van der Waals surface area contributed by atoms with Crippen LogP contribution in [0, 0.1) is 10.8 Å². The van der Waals surface area contributed by atoms with E-state index in [-0.39, 0.29) is 11.5 Å². The predicted octanol–water partition coefficient (Wildman–Crippen LogP) is 3.10. The maximum absolute atomic E-state index is 11.7. The Morgan fingerprint density at radius 1 is 1.19 bits per heavy atom. The Morgan fingerprint density at radius 2 is 1.88 bits per heavy atom. The Morgan fingerprint density at radius 3 is 2.50 bits per heavy atom. The van der Waals surface area contributed by atoms with Crippen molar-refractivity contribution in [2.45, 2.75) is 25.7 Å². The van der Waals surface area contributed by atoms with Crippen LogP contribution in [0.1, 0.15) is 36.0 Å². The molecule has 0 unspecified atom stereocenters. The topological polar surface area (TPSA) is 64.8 Å². The Hall–Kier alpha value is -1.77. The first kappa shape index (κ1) is 12.3. The first-order valence-electron chi connectivity index (χ1n) is 5.42. The molecule has 0 aliphatic rings. The molecule has 1 rings (SSSR count). The van der Waals surface area contributed by atoms with Gasteiger partial charge in [0.15, 0.2) is 0 Å². The van der Waals surface area contributed by atoms with Gasteiger partial charge in [-0.2, -0.15) is 0 Å². The number of benzene rings is 1. The first-order chi connectivity index (χ1) is 7.75. The Labute approximate surface area is 95.5 Å². The molecule has 3 heteroatoms. The Bertz CT molecular complexity index is 371. The summed E-state index contributed by atoms with van der Waals surface area (Å²) in [6, 6.07) is 8.92. The monoisotopic (exact) mass is 216 g/mol. The number of rotatable bonds is 7. The average Bonchev–Trinajstić information content (AvgIpc) is 2.34. The molecule has 0 saturated carbocycles. The molecule has 1 aromatic carbocycles. The van der Waals surface area contributed by atoms with E-state index in [1.54, 1.807) is 24.3 Å². The van der Waals surface area contributed by atoms with Gasteiger partial charge in [-0.3, -0.25) is 4.79 Å². The van der Waals surface area contributed by atoms with Crippen LogP contribution in [0.15, 0.2) is 30.3 Å². The Balaban J connectivity index is 2.43. The van der Waals surface area contributed by atoms with Crippen LogP contribution in [0.25, 0.3) is 0 Å². The lowest BCUT2D eigenvalue weighted by Gasteiger charge is -2.02. The minimum atomic E-state index is -0.185. The van der Waals surface area contributed by atoms with Crippen LogP contribution in [0.4, 0.5) is 0 Å². The molecule has 0 aliphatic heterocycles. The molecule has 0 aromatic heterocycles. The van der Waals surface area contributed by atoms with Gasteiger partial charge in [-0.1, -0.05) is 30.3 Å². The van der Waals surface area contributed by atoms with Crippen LogP contribution in [0.2, 0.25) is 0 Å². The number of hydrogen-bond acceptors (Lipinski definition) is 3. The molecular formula is C13H16N2O. The molecule has 84 valence electrons. The van der Waals surface area contributed by atoms with Crippen LogP contribution < -0.4 is 0 Å². The molecule has 0 spiro atoms. The summed E-state index contributed by atoms with van der Waals surface area (Å²) in [5.41, 5.74) is 0.746. The van der Waals surface area contributed by atoms with E-state index in [1.165, 1.54) is 6.21 Å². The van der Waals surface area contributed by atoms with Crippen molar-refractivity contribution in [2.75, 3.05) is 0 Å². The highest BCUT2D eigenvalue weighted by molar-refractivity contribution is 6.44. The molecule has 0 amide bonds. The fraction of sp³-hybridized carbons (Fsp3) is 0.308. The zero-order valence-corrected chi connectivity index (χ0v) is 9.20. The van der Waals surface area contributed by atoms with Crippen LogP contribution >= 0.6 is 0 Å². The van der Waals surface area contributed by atoms with E-state index < -0.39 is 0 Å². The van der Waals surface area contributed by atoms with Crippen molar-refractivity contribution in [3.63, 3.8) is 0 Å². The molecule has 0 saturated heterocycles. The third-order valence-electron chi connectivity index (χ3n) is 2.34. The lowest BCUT2D eigenvalue weighted by atomic mass is 10.0.